The maximum absolute atomic E-state index is 13.5. The van der Waals surface area contributed by atoms with E-state index in [-0.39, 0.29) is 24.2 Å². The molecule has 10 atom stereocenters. The topological polar surface area (TPSA) is 154 Å². The third-order valence-corrected chi connectivity index (χ3v) is 8.36. The van der Waals surface area contributed by atoms with Gasteiger partial charge in [0.1, 0.15) is 22.5 Å². The van der Waals surface area contributed by atoms with E-state index in [9.17, 15) is 35.1 Å². The summed E-state index contributed by atoms with van der Waals surface area (Å²) in [7, 11) is 0. The SMILES string of the molecule is C[C@H]1C[C@](C)(O)C(=O)[C@@H]2[C@@H](O)[C@H]3[C@H](O)[C@@]4(C)O[C@]25/C(=C/1O)C(=O)O[C@@]35C[C@@]4(C)O. The van der Waals surface area contributed by atoms with E-state index in [1.807, 2.05) is 0 Å². The molecule has 6 rings (SSSR count). The lowest BCUT2D eigenvalue weighted by atomic mass is 9.54. The third kappa shape index (κ3) is 1.70. The third-order valence-electron chi connectivity index (χ3n) is 8.36. The average molecular weight is 410 g/mol. The minimum Gasteiger partial charge on any atom is -0.511 e. The van der Waals surface area contributed by atoms with Gasteiger partial charge in [-0.2, -0.15) is 0 Å². The van der Waals surface area contributed by atoms with E-state index in [0.717, 1.165) is 0 Å². The number of aliphatic hydroxyl groups is 5. The second-order valence-electron chi connectivity index (χ2n) is 10.1. The molecule has 0 aromatic carbocycles. The Kier molecular flexibility index (Phi) is 3.26. The molecule has 3 aliphatic heterocycles. The van der Waals surface area contributed by atoms with Crippen molar-refractivity contribution >= 4 is 11.8 Å². The van der Waals surface area contributed by atoms with Gasteiger partial charge in [0, 0.05) is 12.3 Å². The zero-order valence-electron chi connectivity index (χ0n) is 16.7. The molecule has 4 bridgehead atoms. The average Bonchev–Trinajstić information content (AvgIpc) is 2.87. The van der Waals surface area contributed by atoms with Crippen molar-refractivity contribution in [1.82, 2.24) is 0 Å². The number of hydrogen-bond acceptors (Lipinski definition) is 9. The van der Waals surface area contributed by atoms with Gasteiger partial charge in [-0.25, -0.2) is 4.79 Å². The van der Waals surface area contributed by atoms with Crippen LogP contribution < -0.4 is 0 Å². The quantitative estimate of drug-likeness (QED) is 0.320. The molecular formula is C20H26O9. The Morgan fingerprint density at radius 1 is 1.10 bits per heavy atom. The molecule has 3 heterocycles. The lowest BCUT2D eigenvalue weighted by Crippen LogP contribution is -2.82. The number of fused-ring (bicyclic) bond motifs is 1. The molecule has 160 valence electrons. The number of rotatable bonds is 0. The van der Waals surface area contributed by atoms with Gasteiger partial charge in [-0.1, -0.05) is 6.92 Å². The zero-order valence-corrected chi connectivity index (χ0v) is 16.7. The van der Waals surface area contributed by atoms with Crippen LogP contribution in [0, 0.1) is 17.8 Å². The van der Waals surface area contributed by atoms with Gasteiger partial charge in [-0.3, -0.25) is 4.79 Å². The molecule has 0 amide bonds. The van der Waals surface area contributed by atoms with Crippen LogP contribution in [0.2, 0.25) is 0 Å². The second kappa shape index (κ2) is 4.86. The molecular weight excluding hydrogens is 384 g/mol. The fraction of sp³-hybridized carbons (Fsp3) is 0.800. The summed E-state index contributed by atoms with van der Waals surface area (Å²) < 4.78 is 12.0. The molecule has 9 heteroatoms. The standard InChI is InChI=1S/C20H26O9/c1-7-5-16(2,26)13(23)9-12(22)8-14(24)18(4)17(3,27)6-19(8)20(9,29-18)10(11(7)21)15(25)28-19/h7-9,12,14,21-22,24,26-27H,5-6H2,1-4H3/b11-10-/t7-,8-,9-,12-,14-,16-,17+,18+,19-,20-/m0/s1. The number of ketones is 1. The van der Waals surface area contributed by atoms with E-state index >= 15 is 0 Å². The van der Waals surface area contributed by atoms with Crippen LogP contribution in [-0.2, 0) is 19.1 Å². The Hall–Kier alpha value is -1.52. The molecule has 9 nitrogen and oxygen atoms in total. The van der Waals surface area contributed by atoms with Gasteiger partial charge < -0.3 is 35.0 Å². The van der Waals surface area contributed by atoms with Crippen molar-refractivity contribution in [1.29, 1.82) is 0 Å². The molecule has 0 aromatic rings. The predicted molar refractivity (Wildman–Crippen MR) is 94.3 cm³/mol. The predicted octanol–water partition coefficient (Wildman–Crippen LogP) is -0.896. The van der Waals surface area contributed by atoms with E-state index in [4.69, 9.17) is 9.47 Å². The molecule has 2 saturated carbocycles. The summed E-state index contributed by atoms with van der Waals surface area (Å²) in [6.07, 6.45) is -3.32. The molecule has 5 N–H and O–H groups in total. The van der Waals surface area contributed by atoms with E-state index in [2.05, 4.69) is 0 Å². The molecule has 29 heavy (non-hydrogen) atoms. The highest BCUT2D eigenvalue weighted by Gasteiger charge is 2.91. The summed E-state index contributed by atoms with van der Waals surface area (Å²) >= 11 is 0. The summed E-state index contributed by atoms with van der Waals surface area (Å²) in [6, 6.07) is 0. The Labute approximate surface area is 166 Å². The monoisotopic (exact) mass is 410 g/mol. The summed E-state index contributed by atoms with van der Waals surface area (Å²) in [5.74, 6) is -5.37. The maximum atomic E-state index is 13.5. The Morgan fingerprint density at radius 3 is 2.34 bits per heavy atom. The van der Waals surface area contributed by atoms with Crippen LogP contribution in [0.5, 0.6) is 0 Å². The van der Waals surface area contributed by atoms with E-state index < -0.39 is 69.7 Å². The molecule has 3 aliphatic carbocycles. The first-order valence-electron chi connectivity index (χ1n) is 9.90. The lowest BCUT2D eigenvalue weighted by Gasteiger charge is -2.65. The summed E-state index contributed by atoms with van der Waals surface area (Å²) in [6.45, 7) is 5.76. The van der Waals surface area contributed by atoms with Crippen LogP contribution in [-0.4, -0.2) is 77.5 Å². The van der Waals surface area contributed by atoms with Crippen LogP contribution in [0.3, 0.4) is 0 Å². The minimum atomic E-state index is -1.92. The zero-order chi connectivity index (χ0) is 21.5. The Bertz CT molecular complexity index is 890. The van der Waals surface area contributed by atoms with Crippen molar-refractivity contribution < 1.29 is 44.6 Å². The second-order valence-corrected chi connectivity index (χ2v) is 10.1. The van der Waals surface area contributed by atoms with Gasteiger partial charge in [-0.15, -0.1) is 0 Å². The number of hydrogen-bond donors (Lipinski definition) is 5. The van der Waals surface area contributed by atoms with E-state index in [0.29, 0.717) is 0 Å². The fourth-order valence-corrected chi connectivity index (χ4v) is 6.90. The van der Waals surface area contributed by atoms with Crippen LogP contribution in [0.1, 0.15) is 40.5 Å². The van der Waals surface area contributed by atoms with Crippen LogP contribution in [0.15, 0.2) is 11.3 Å². The molecule has 5 fully saturated rings. The van der Waals surface area contributed by atoms with Gasteiger partial charge in [0.2, 0.25) is 0 Å². The minimum absolute atomic E-state index is 0.164. The molecule has 2 spiro atoms. The van der Waals surface area contributed by atoms with Gasteiger partial charge in [0.15, 0.2) is 17.0 Å². The van der Waals surface area contributed by atoms with Crippen molar-refractivity contribution in [2.24, 2.45) is 17.8 Å². The fourth-order valence-electron chi connectivity index (χ4n) is 6.90. The van der Waals surface area contributed by atoms with Crippen LogP contribution in [0.25, 0.3) is 0 Å². The van der Waals surface area contributed by atoms with Crippen molar-refractivity contribution in [3.8, 4) is 0 Å². The number of ether oxygens (including phenoxy) is 2. The van der Waals surface area contributed by atoms with Crippen LogP contribution >= 0.6 is 0 Å². The molecule has 0 radical (unpaired) electrons. The Balaban J connectivity index is 1.90. The van der Waals surface area contributed by atoms with E-state index in [1.165, 1.54) is 20.8 Å². The highest BCUT2D eigenvalue weighted by Crippen LogP contribution is 2.74. The number of Topliss-reactive ketones (excluding diaryl/α,β-unsaturated/α-hetero) is 1. The number of carbonyl (C=O) groups is 2. The molecule has 0 unspecified atom stereocenters. The normalized spacial score (nSPS) is 63.2. The van der Waals surface area contributed by atoms with Crippen molar-refractivity contribution in [3.63, 3.8) is 0 Å². The summed E-state index contributed by atoms with van der Waals surface area (Å²) in [5.41, 5.74) is -9.13. The maximum Gasteiger partial charge on any atom is 0.341 e. The molecule has 6 aliphatic rings. The number of carbonyl (C=O) groups excluding carboxylic acids is 2. The molecule has 0 aromatic heterocycles. The van der Waals surface area contributed by atoms with Gasteiger partial charge in [0.05, 0.1) is 29.6 Å². The number of esters is 1. The van der Waals surface area contributed by atoms with Gasteiger partial charge in [-0.05, 0) is 27.2 Å². The smallest absolute Gasteiger partial charge is 0.341 e. The number of allylic oxidation sites excluding steroid dienone is 1. The highest BCUT2D eigenvalue weighted by molar-refractivity contribution is 6.01. The molecule has 3 saturated heterocycles. The van der Waals surface area contributed by atoms with Crippen molar-refractivity contribution in [2.75, 3.05) is 0 Å². The highest BCUT2D eigenvalue weighted by atomic mass is 16.6. The summed E-state index contributed by atoms with van der Waals surface area (Å²) in [4.78, 5) is 26.5. The van der Waals surface area contributed by atoms with Crippen molar-refractivity contribution in [3.05, 3.63) is 11.3 Å². The van der Waals surface area contributed by atoms with Crippen molar-refractivity contribution in [2.45, 2.75) is 80.7 Å². The Morgan fingerprint density at radius 2 is 1.72 bits per heavy atom. The number of aliphatic hydroxyl groups excluding tert-OH is 3. The largest absolute Gasteiger partial charge is 0.511 e. The van der Waals surface area contributed by atoms with Crippen LogP contribution in [0.4, 0.5) is 0 Å². The van der Waals surface area contributed by atoms with E-state index in [1.54, 1.807) is 6.92 Å². The lowest BCUT2D eigenvalue weighted by molar-refractivity contribution is -0.380. The summed E-state index contributed by atoms with van der Waals surface area (Å²) in [5, 5.41) is 55.2. The first kappa shape index (κ1) is 19.4. The first-order valence-corrected chi connectivity index (χ1v) is 9.90. The van der Waals surface area contributed by atoms with Gasteiger partial charge >= 0.3 is 5.97 Å². The first-order chi connectivity index (χ1) is 13.2. The van der Waals surface area contributed by atoms with Gasteiger partial charge in [0.25, 0.3) is 0 Å².